The lowest BCUT2D eigenvalue weighted by Crippen LogP contribution is -2.17. The molecule has 1 aliphatic rings. The highest BCUT2D eigenvalue weighted by Gasteiger charge is 2.20. The van der Waals surface area contributed by atoms with Gasteiger partial charge in [0.2, 0.25) is 0 Å². The second-order valence-corrected chi connectivity index (χ2v) is 8.43. The maximum Gasteiger partial charge on any atom is 0.255 e. The van der Waals surface area contributed by atoms with E-state index < -0.39 is 0 Å². The van der Waals surface area contributed by atoms with Crippen molar-refractivity contribution < 1.29 is 4.79 Å². The molecule has 1 unspecified atom stereocenters. The van der Waals surface area contributed by atoms with Gasteiger partial charge in [-0.15, -0.1) is 24.4 Å². The van der Waals surface area contributed by atoms with Crippen molar-refractivity contribution in [3.63, 3.8) is 0 Å². The van der Waals surface area contributed by atoms with Gasteiger partial charge in [0.05, 0.1) is 5.69 Å². The topological polar surface area (TPSA) is 67.2 Å². The maximum absolute atomic E-state index is 12.3. The number of thiol groups is 1. The quantitative estimate of drug-likeness (QED) is 0.306. The van der Waals surface area contributed by atoms with Gasteiger partial charge in [0.25, 0.3) is 5.91 Å². The van der Waals surface area contributed by atoms with Gasteiger partial charge in [-0.3, -0.25) is 4.79 Å². The van der Waals surface area contributed by atoms with E-state index in [0.29, 0.717) is 10.8 Å². The van der Waals surface area contributed by atoms with Crippen molar-refractivity contribution >= 4 is 47.4 Å². The zero-order chi connectivity index (χ0) is 20.8. The number of benzene rings is 3. The van der Waals surface area contributed by atoms with E-state index in [1.807, 2.05) is 72.8 Å². The minimum atomic E-state index is -0.0957. The molecule has 0 saturated heterocycles. The molecule has 1 amide bonds. The van der Waals surface area contributed by atoms with E-state index in [4.69, 9.17) is 5.73 Å². The summed E-state index contributed by atoms with van der Waals surface area (Å²) in [6.45, 7) is 6.09. The first kappa shape index (κ1) is 20.9. The summed E-state index contributed by atoms with van der Waals surface area (Å²) in [6.07, 6.45) is 0. The summed E-state index contributed by atoms with van der Waals surface area (Å²) in [6, 6.07) is 22.5. The second kappa shape index (κ2) is 9.58. The summed E-state index contributed by atoms with van der Waals surface area (Å²) >= 11 is 5.79. The fourth-order valence-corrected chi connectivity index (χ4v) is 3.77. The highest BCUT2D eigenvalue weighted by atomic mass is 32.2. The fourth-order valence-electron chi connectivity index (χ4n) is 2.60. The third-order valence-corrected chi connectivity index (χ3v) is 5.79. The normalized spacial score (nSPS) is 14.7. The van der Waals surface area contributed by atoms with E-state index in [-0.39, 0.29) is 5.91 Å². The summed E-state index contributed by atoms with van der Waals surface area (Å²) < 4.78 is 0. The number of fused-ring (bicyclic) bond motifs is 1. The van der Waals surface area contributed by atoms with Crippen LogP contribution in [0.2, 0.25) is 0 Å². The highest BCUT2D eigenvalue weighted by molar-refractivity contribution is 8.00. The van der Waals surface area contributed by atoms with Crippen molar-refractivity contribution in [2.45, 2.75) is 22.0 Å². The van der Waals surface area contributed by atoms with Crippen molar-refractivity contribution in [2.75, 3.05) is 16.4 Å². The summed E-state index contributed by atoms with van der Waals surface area (Å²) in [5.74, 6) is -0.0957. The van der Waals surface area contributed by atoms with E-state index in [9.17, 15) is 4.79 Å². The molecule has 0 radical (unpaired) electrons. The molecule has 1 aliphatic heterocycles. The third kappa shape index (κ3) is 5.82. The number of nitrogens with one attached hydrogen (secondary N) is 2. The van der Waals surface area contributed by atoms with Crippen molar-refractivity contribution in [2.24, 2.45) is 0 Å². The number of hydrogen-bond acceptors (Lipinski definition) is 5. The van der Waals surface area contributed by atoms with Gasteiger partial charge in [0, 0.05) is 37.7 Å². The van der Waals surface area contributed by atoms with Gasteiger partial charge in [0.15, 0.2) is 0 Å². The SMILES string of the molecule is C=C1Nc2ccc(C(=O)Nc3ccccc3)cc2SC1C.Nc1ccc(S)cc1. The van der Waals surface area contributed by atoms with Gasteiger partial charge in [0.1, 0.15) is 0 Å². The van der Waals surface area contributed by atoms with Gasteiger partial charge in [-0.2, -0.15) is 0 Å². The molecule has 1 atom stereocenters. The van der Waals surface area contributed by atoms with Crippen molar-refractivity contribution in [1.82, 2.24) is 0 Å². The maximum atomic E-state index is 12.3. The standard InChI is InChI=1S/C17H16N2OS.C6H7NS/c1-11-12(2)21-16-10-13(8-9-15(16)18-11)17(20)19-14-6-4-3-5-7-14;7-5-1-3-6(8)4-2-5/h3-10,12,18H,1H2,2H3,(H,19,20);1-4,8H,7H2. The van der Waals surface area contributed by atoms with Gasteiger partial charge in [-0.05, 0) is 61.5 Å². The van der Waals surface area contributed by atoms with Crippen LogP contribution in [0.4, 0.5) is 17.1 Å². The molecule has 1 heterocycles. The number of thioether (sulfide) groups is 1. The Labute approximate surface area is 181 Å². The Morgan fingerprint density at radius 1 is 1.10 bits per heavy atom. The number of nitrogen functional groups attached to an aromatic ring is 1. The number of hydrogen-bond donors (Lipinski definition) is 4. The number of carbonyl (C=O) groups excluding carboxylic acids is 1. The summed E-state index contributed by atoms with van der Waals surface area (Å²) in [5.41, 5.74) is 9.64. The van der Waals surface area contributed by atoms with E-state index in [1.54, 1.807) is 11.8 Å². The number of anilines is 3. The van der Waals surface area contributed by atoms with Crippen LogP contribution >= 0.6 is 24.4 Å². The third-order valence-electron chi connectivity index (χ3n) is 4.26. The van der Waals surface area contributed by atoms with Crippen LogP contribution in [0.1, 0.15) is 17.3 Å². The van der Waals surface area contributed by atoms with Crippen LogP contribution < -0.4 is 16.4 Å². The molecule has 0 saturated carbocycles. The monoisotopic (exact) mass is 421 g/mol. The van der Waals surface area contributed by atoms with Crippen LogP contribution in [-0.4, -0.2) is 11.2 Å². The molecule has 3 aromatic carbocycles. The molecule has 0 fully saturated rings. The van der Waals surface area contributed by atoms with Crippen molar-refractivity contribution in [1.29, 1.82) is 0 Å². The number of nitrogens with two attached hydrogens (primary N) is 1. The lowest BCUT2D eigenvalue weighted by Gasteiger charge is -2.25. The van der Waals surface area contributed by atoms with Gasteiger partial charge in [-0.25, -0.2) is 0 Å². The minimum absolute atomic E-state index is 0.0957. The molecule has 0 spiro atoms. The van der Waals surface area contributed by atoms with Gasteiger partial charge in [-0.1, -0.05) is 24.8 Å². The van der Waals surface area contributed by atoms with E-state index in [1.165, 1.54) is 0 Å². The highest BCUT2D eigenvalue weighted by Crippen LogP contribution is 2.39. The molecule has 4 N–H and O–H groups in total. The lowest BCUT2D eigenvalue weighted by atomic mass is 10.1. The van der Waals surface area contributed by atoms with E-state index >= 15 is 0 Å². The predicted molar refractivity (Wildman–Crippen MR) is 127 cm³/mol. The van der Waals surface area contributed by atoms with Crippen molar-refractivity contribution in [3.05, 3.63) is 90.6 Å². The van der Waals surface area contributed by atoms with Crippen LogP contribution in [0.25, 0.3) is 0 Å². The van der Waals surface area contributed by atoms with Crippen LogP contribution in [0.5, 0.6) is 0 Å². The summed E-state index contributed by atoms with van der Waals surface area (Å²) in [5, 5.41) is 6.47. The zero-order valence-electron chi connectivity index (χ0n) is 16.1. The van der Waals surface area contributed by atoms with Crippen LogP contribution in [-0.2, 0) is 0 Å². The molecule has 148 valence electrons. The number of rotatable bonds is 2. The Bertz CT molecular complexity index is 983. The molecule has 4 nitrogen and oxygen atoms in total. The first-order valence-electron chi connectivity index (χ1n) is 9.10. The lowest BCUT2D eigenvalue weighted by molar-refractivity contribution is 0.102. The first-order valence-corrected chi connectivity index (χ1v) is 10.4. The molecule has 0 aliphatic carbocycles. The first-order chi connectivity index (χ1) is 13.9. The number of para-hydroxylation sites is 1. The number of amides is 1. The Kier molecular flexibility index (Phi) is 6.90. The average Bonchev–Trinajstić information content (AvgIpc) is 2.72. The Balaban J connectivity index is 0.000000252. The van der Waals surface area contributed by atoms with Crippen LogP contribution in [0.3, 0.4) is 0 Å². The average molecular weight is 422 g/mol. The minimum Gasteiger partial charge on any atom is -0.399 e. The second-order valence-electron chi connectivity index (χ2n) is 6.53. The summed E-state index contributed by atoms with van der Waals surface area (Å²) in [7, 11) is 0. The molecule has 4 rings (SSSR count). The molecule has 0 aromatic heterocycles. The molecular formula is C23H23N3OS2. The Morgan fingerprint density at radius 3 is 2.45 bits per heavy atom. The molecule has 3 aromatic rings. The van der Waals surface area contributed by atoms with Crippen molar-refractivity contribution in [3.8, 4) is 0 Å². The predicted octanol–water partition coefficient (Wildman–Crippen LogP) is 5.92. The molecule has 29 heavy (non-hydrogen) atoms. The molecule has 6 heteroatoms. The smallest absolute Gasteiger partial charge is 0.255 e. The Hall–Kier alpha value is -2.83. The molecule has 0 bridgehead atoms. The fraction of sp³-hybridized carbons (Fsp3) is 0.0870. The number of carbonyl (C=O) groups is 1. The van der Waals surface area contributed by atoms with Gasteiger partial charge < -0.3 is 16.4 Å². The van der Waals surface area contributed by atoms with Gasteiger partial charge >= 0.3 is 0 Å². The van der Waals surface area contributed by atoms with Crippen LogP contribution in [0.15, 0.2) is 94.9 Å². The largest absolute Gasteiger partial charge is 0.399 e. The summed E-state index contributed by atoms with van der Waals surface area (Å²) in [4.78, 5) is 14.3. The Morgan fingerprint density at radius 2 is 1.79 bits per heavy atom. The van der Waals surface area contributed by atoms with E-state index in [0.717, 1.165) is 32.6 Å². The van der Waals surface area contributed by atoms with E-state index in [2.05, 4.69) is 36.8 Å². The molecular weight excluding hydrogens is 398 g/mol. The zero-order valence-corrected chi connectivity index (χ0v) is 17.8. The van der Waals surface area contributed by atoms with Crippen LogP contribution in [0, 0.1) is 0 Å².